The van der Waals surface area contributed by atoms with E-state index in [1.54, 1.807) is 0 Å². The number of halogens is 4. The van der Waals surface area contributed by atoms with Gasteiger partial charge in [-0.3, -0.25) is 0 Å². The maximum atomic E-state index is 13.2. The van der Waals surface area contributed by atoms with Crippen LogP contribution in [0.3, 0.4) is 0 Å². The van der Waals surface area contributed by atoms with Gasteiger partial charge in [-0.25, -0.2) is 4.39 Å². The fourth-order valence-electron chi connectivity index (χ4n) is 1.95. The van der Waals surface area contributed by atoms with Crippen LogP contribution in [-0.2, 0) is 22.2 Å². The maximum absolute atomic E-state index is 13.2. The van der Waals surface area contributed by atoms with E-state index < -0.39 is 17.6 Å². The van der Waals surface area contributed by atoms with Gasteiger partial charge in [0.1, 0.15) is 5.82 Å². The quantitative estimate of drug-likeness (QED) is 0.864. The molecule has 20 heavy (non-hydrogen) atoms. The molecule has 112 valence electrons. The molecule has 1 unspecified atom stereocenters. The number of ether oxygens (including phenoxy) is 2. The molecule has 1 N–H and O–H groups in total. The number of nitrogens with one attached hydrogen (secondary N) is 1. The molecule has 2 rings (SSSR count). The van der Waals surface area contributed by atoms with Gasteiger partial charge in [0.05, 0.1) is 31.5 Å². The molecular weight excluding hydrogens is 278 g/mol. The van der Waals surface area contributed by atoms with Gasteiger partial charge in [0, 0.05) is 13.1 Å². The summed E-state index contributed by atoms with van der Waals surface area (Å²) in [5.41, 5.74) is -0.736. The highest BCUT2D eigenvalue weighted by Gasteiger charge is 2.31. The third-order valence-corrected chi connectivity index (χ3v) is 2.87. The highest BCUT2D eigenvalue weighted by Crippen LogP contribution is 2.30. The summed E-state index contributed by atoms with van der Waals surface area (Å²) in [5, 5.41) is 2.94. The lowest BCUT2D eigenvalue weighted by Crippen LogP contribution is -2.37. The zero-order valence-electron chi connectivity index (χ0n) is 10.7. The maximum Gasteiger partial charge on any atom is 0.416 e. The Morgan fingerprint density at radius 1 is 1.20 bits per heavy atom. The predicted molar refractivity (Wildman–Crippen MR) is 63.7 cm³/mol. The number of hydrogen-bond acceptors (Lipinski definition) is 3. The van der Waals surface area contributed by atoms with E-state index in [0.29, 0.717) is 32.4 Å². The zero-order chi connectivity index (χ0) is 14.6. The number of hydrogen-bond donors (Lipinski definition) is 1. The van der Waals surface area contributed by atoms with Crippen molar-refractivity contribution in [3.63, 3.8) is 0 Å². The van der Waals surface area contributed by atoms with Gasteiger partial charge < -0.3 is 14.8 Å². The molecule has 1 aromatic carbocycles. The van der Waals surface area contributed by atoms with Crippen molar-refractivity contribution in [1.82, 2.24) is 5.32 Å². The molecule has 7 heteroatoms. The van der Waals surface area contributed by atoms with E-state index in [-0.39, 0.29) is 18.2 Å². The van der Waals surface area contributed by atoms with Crippen LogP contribution in [-0.4, -0.2) is 32.5 Å². The number of alkyl halides is 3. The summed E-state index contributed by atoms with van der Waals surface area (Å²) >= 11 is 0. The molecule has 0 saturated carbocycles. The highest BCUT2D eigenvalue weighted by atomic mass is 19.4. The molecule has 1 saturated heterocycles. The summed E-state index contributed by atoms with van der Waals surface area (Å²) in [6.07, 6.45) is -4.67. The van der Waals surface area contributed by atoms with Crippen LogP contribution in [0, 0.1) is 5.82 Å². The van der Waals surface area contributed by atoms with Crippen LogP contribution in [0.5, 0.6) is 0 Å². The first kappa shape index (κ1) is 15.2. The molecule has 0 aliphatic carbocycles. The van der Waals surface area contributed by atoms with Crippen molar-refractivity contribution in [3.05, 3.63) is 35.1 Å². The lowest BCUT2D eigenvalue weighted by atomic mass is 10.1. The Bertz CT molecular complexity index is 444. The molecule has 1 aromatic rings. The molecule has 0 bridgehead atoms. The molecule has 1 aliphatic heterocycles. The Kier molecular flexibility index (Phi) is 4.95. The zero-order valence-corrected chi connectivity index (χ0v) is 10.7. The second kappa shape index (κ2) is 6.51. The van der Waals surface area contributed by atoms with Gasteiger partial charge >= 0.3 is 6.18 Å². The number of benzene rings is 1. The normalized spacial score (nSPS) is 20.1. The Balaban J connectivity index is 1.90. The molecule has 1 aliphatic rings. The summed E-state index contributed by atoms with van der Waals surface area (Å²) in [6.45, 7) is 2.09. The summed E-state index contributed by atoms with van der Waals surface area (Å²) < 4.78 is 61.3. The van der Waals surface area contributed by atoms with Crippen molar-refractivity contribution < 1.29 is 27.0 Å². The summed E-state index contributed by atoms with van der Waals surface area (Å²) in [4.78, 5) is 0. The molecule has 3 nitrogen and oxygen atoms in total. The first-order chi connectivity index (χ1) is 9.45. The summed E-state index contributed by atoms with van der Waals surface area (Å²) in [6, 6.07) is 2.51. The number of rotatable bonds is 4. The van der Waals surface area contributed by atoms with Crippen LogP contribution in [0.1, 0.15) is 11.1 Å². The molecule has 1 atom stereocenters. The molecule has 0 radical (unpaired) electrons. The van der Waals surface area contributed by atoms with E-state index in [0.717, 1.165) is 12.1 Å². The Labute approximate surface area is 113 Å². The van der Waals surface area contributed by atoms with E-state index in [4.69, 9.17) is 9.47 Å². The average molecular weight is 293 g/mol. The van der Waals surface area contributed by atoms with Gasteiger partial charge in [0.2, 0.25) is 0 Å². The van der Waals surface area contributed by atoms with Crippen LogP contribution >= 0.6 is 0 Å². The Morgan fingerprint density at radius 3 is 2.65 bits per heavy atom. The fourth-order valence-corrected chi connectivity index (χ4v) is 1.95. The smallest absolute Gasteiger partial charge is 0.376 e. The molecule has 0 spiro atoms. The van der Waals surface area contributed by atoms with Crippen molar-refractivity contribution in [2.45, 2.75) is 18.8 Å². The Morgan fingerprint density at radius 2 is 2.00 bits per heavy atom. The van der Waals surface area contributed by atoms with Crippen LogP contribution in [0.4, 0.5) is 17.6 Å². The van der Waals surface area contributed by atoms with Gasteiger partial charge in [-0.2, -0.15) is 13.2 Å². The van der Waals surface area contributed by atoms with E-state index in [9.17, 15) is 17.6 Å². The topological polar surface area (TPSA) is 30.5 Å². The van der Waals surface area contributed by atoms with Crippen molar-refractivity contribution in [3.8, 4) is 0 Å². The minimum absolute atomic E-state index is 0.126. The molecular formula is C13H15F4NO2. The molecule has 0 amide bonds. The lowest BCUT2D eigenvalue weighted by Gasteiger charge is -2.23. The first-order valence-corrected chi connectivity index (χ1v) is 6.22. The lowest BCUT2D eigenvalue weighted by molar-refractivity contribution is -0.137. The van der Waals surface area contributed by atoms with E-state index in [1.807, 2.05) is 0 Å². The van der Waals surface area contributed by atoms with Crippen molar-refractivity contribution in [2.24, 2.45) is 0 Å². The van der Waals surface area contributed by atoms with Crippen LogP contribution in [0.2, 0.25) is 0 Å². The van der Waals surface area contributed by atoms with Gasteiger partial charge in [-0.05, 0) is 23.8 Å². The third kappa shape index (κ3) is 4.43. The molecule has 1 heterocycles. The largest absolute Gasteiger partial charge is 0.416 e. The van der Waals surface area contributed by atoms with Crippen LogP contribution in [0.25, 0.3) is 0 Å². The van der Waals surface area contributed by atoms with Gasteiger partial charge in [-0.15, -0.1) is 0 Å². The SMILES string of the molecule is Fc1cc(CNCC2COCCO2)cc(C(F)(F)F)c1. The van der Waals surface area contributed by atoms with E-state index >= 15 is 0 Å². The average Bonchev–Trinajstić information content (AvgIpc) is 2.38. The monoisotopic (exact) mass is 293 g/mol. The molecule has 0 aromatic heterocycles. The standard InChI is InChI=1S/C13H15F4NO2/c14-11-4-9(3-10(5-11)13(15,16)17)6-18-7-12-8-19-1-2-20-12/h3-5,12,18H,1-2,6-8H2. The second-order valence-corrected chi connectivity index (χ2v) is 4.54. The second-order valence-electron chi connectivity index (χ2n) is 4.54. The third-order valence-electron chi connectivity index (χ3n) is 2.87. The first-order valence-electron chi connectivity index (χ1n) is 6.22. The van der Waals surface area contributed by atoms with Crippen molar-refractivity contribution in [1.29, 1.82) is 0 Å². The minimum Gasteiger partial charge on any atom is -0.376 e. The minimum atomic E-state index is -4.54. The van der Waals surface area contributed by atoms with Gasteiger partial charge in [0.15, 0.2) is 0 Å². The summed E-state index contributed by atoms with van der Waals surface area (Å²) in [7, 11) is 0. The van der Waals surface area contributed by atoms with E-state index in [1.165, 1.54) is 0 Å². The van der Waals surface area contributed by atoms with E-state index in [2.05, 4.69) is 5.32 Å². The Hall–Kier alpha value is -1.18. The van der Waals surface area contributed by atoms with Crippen molar-refractivity contribution >= 4 is 0 Å². The van der Waals surface area contributed by atoms with Gasteiger partial charge in [-0.1, -0.05) is 0 Å². The van der Waals surface area contributed by atoms with Crippen LogP contribution < -0.4 is 5.32 Å². The fraction of sp³-hybridized carbons (Fsp3) is 0.538. The molecule has 1 fully saturated rings. The van der Waals surface area contributed by atoms with Crippen LogP contribution in [0.15, 0.2) is 18.2 Å². The highest BCUT2D eigenvalue weighted by molar-refractivity contribution is 5.26. The summed E-state index contributed by atoms with van der Waals surface area (Å²) in [5.74, 6) is -0.895. The van der Waals surface area contributed by atoms with Crippen molar-refractivity contribution in [2.75, 3.05) is 26.4 Å². The predicted octanol–water partition coefficient (Wildman–Crippen LogP) is 2.35. The van der Waals surface area contributed by atoms with Gasteiger partial charge in [0.25, 0.3) is 0 Å².